The molecule has 0 bridgehead atoms. The highest BCUT2D eigenvalue weighted by Crippen LogP contribution is 2.25. The summed E-state index contributed by atoms with van der Waals surface area (Å²) in [5, 5.41) is 16.0. The normalized spacial score (nSPS) is 12.5. The van der Waals surface area contributed by atoms with Gasteiger partial charge in [-0.1, -0.05) is 42.4 Å². The zero-order valence-electron chi connectivity index (χ0n) is 14.8. The van der Waals surface area contributed by atoms with Crippen molar-refractivity contribution in [1.29, 1.82) is 0 Å². The lowest BCUT2D eigenvalue weighted by Crippen LogP contribution is -2.01. The number of non-ortho nitro benzene ring substituents is 1. The second kappa shape index (κ2) is 7.82. The molecule has 3 aromatic rings. The topological polar surface area (TPSA) is 69.7 Å². The predicted molar refractivity (Wildman–Crippen MR) is 102 cm³/mol. The summed E-state index contributed by atoms with van der Waals surface area (Å²) in [5.41, 5.74) is 2.91. The fourth-order valence-electron chi connectivity index (χ4n) is 2.86. The largest absolute Gasteiger partial charge is 0.391 e. The molecule has 0 aliphatic rings. The van der Waals surface area contributed by atoms with Crippen molar-refractivity contribution in [2.75, 3.05) is 0 Å². The number of hydrogen-bond acceptors (Lipinski definition) is 4. The molecule has 0 aliphatic carbocycles. The molecule has 6 nitrogen and oxygen atoms in total. The maximum absolute atomic E-state index is 10.8. The lowest BCUT2D eigenvalue weighted by Gasteiger charge is -2.12. The molecule has 0 unspecified atom stereocenters. The van der Waals surface area contributed by atoms with Crippen molar-refractivity contribution in [3.63, 3.8) is 0 Å². The van der Waals surface area contributed by atoms with E-state index in [1.54, 1.807) is 18.3 Å². The summed E-state index contributed by atoms with van der Waals surface area (Å²) in [6.07, 6.45) is 4.82. The van der Waals surface area contributed by atoms with Gasteiger partial charge in [-0.3, -0.25) is 10.1 Å². The molecule has 0 saturated heterocycles. The highest BCUT2D eigenvalue weighted by Gasteiger charge is 2.10. The standard InChI is InChI=1S/C20H21N3O3/c1-3-15(2)22-13-17(19-9-4-5-10-20(19)22)12-21-26-14-16-7-6-8-18(11-16)23(24)25/h4-13,15H,3,14H2,1-2H3/b21-12-/t15-/m1/s1. The first-order valence-electron chi connectivity index (χ1n) is 8.58. The van der Waals surface area contributed by atoms with Gasteiger partial charge in [0.05, 0.1) is 11.1 Å². The van der Waals surface area contributed by atoms with Crippen LogP contribution < -0.4 is 0 Å². The van der Waals surface area contributed by atoms with Gasteiger partial charge in [0, 0.05) is 40.8 Å². The van der Waals surface area contributed by atoms with Crippen LogP contribution in [-0.4, -0.2) is 15.7 Å². The monoisotopic (exact) mass is 351 g/mol. The Morgan fingerprint density at radius 3 is 2.85 bits per heavy atom. The van der Waals surface area contributed by atoms with Crippen LogP contribution in [0, 0.1) is 10.1 Å². The van der Waals surface area contributed by atoms with Gasteiger partial charge in [-0.15, -0.1) is 0 Å². The third-order valence-corrected chi connectivity index (χ3v) is 4.46. The minimum atomic E-state index is -0.420. The molecule has 26 heavy (non-hydrogen) atoms. The van der Waals surface area contributed by atoms with Crippen molar-refractivity contribution in [2.45, 2.75) is 32.9 Å². The van der Waals surface area contributed by atoms with E-state index in [9.17, 15) is 10.1 Å². The number of rotatable bonds is 7. The fraction of sp³-hybridized carbons (Fsp3) is 0.250. The fourth-order valence-corrected chi connectivity index (χ4v) is 2.86. The first-order chi connectivity index (χ1) is 12.6. The lowest BCUT2D eigenvalue weighted by molar-refractivity contribution is -0.384. The average Bonchev–Trinajstić information content (AvgIpc) is 3.04. The van der Waals surface area contributed by atoms with Gasteiger partial charge in [0.1, 0.15) is 6.61 Å². The number of benzene rings is 2. The number of oxime groups is 1. The summed E-state index contributed by atoms with van der Waals surface area (Å²) in [4.78, 5) is 15.7. The van der Waals surface area contributed by atoms with Crippen LogP contribution in [0.1, 0.15) is 37.4 Å². The van der Waals surface area contributed by atoms with Gasteiger partial charge in [0.2, 0.25) is 0 Å². The van der Waals surface area contributed by atoms with Crippen LogP contribution in [0.5, 0.6) is 0 Å². The third-order valence-electron chi connectivity index (χ3n) is 4.46. The second-order valence-corrected chi connectivity index (χ2v) is 6.20. The van der Waals surface area contributed by atoms with Crippen LogP contribution in [0.2, 0.25) is 0 Å². The average molecular weight is 351 g/mol. The molecule has 3 rings (SSSR count). The Labute approximate surface area is 151 Å². The number of nitro groups is 1. The smallest absolute Gasteiger partial charge is 0.269 e. The molecule has 0 N–H and O–H groups in total. The summed E-state index contributed by atoms with van der Waals surface area (Å²) in [6.45, 7) is 4.53. The Kier molecular flexibility index (Phi) is 5.31. The van der Waals surface area contributed by atoms with Crippen LogP contribution in [-0.2, 0) is 11.4 Å². The number of nitro benzene ring substituents is 1. The molecule has 2 aromatic carbocycles. The van der Waals surface area contributed by atoms with Crippen LogP contribution in [0.25, 0.3) is 10.9 Å². The van der Waals surface area contributed by atoms with Gasteiger partial charge in [-0.05, 0) is 25.0 Å². The van der Waals surface area contributed by atoms with Gasteiger partial charge < -0.3 is 9.40 Å². The lowest BCUT2D eigenvalue weighted by atomic mass is 10.2. The van der Waals surface area contributed by atoms with E-state index in [1.165, 1.54) is 17.6 Å². The Hall–Kier alpha value is -3.15. The predicted octanol–water partition coefficient (Wildman–Crippen LogP) is 5.07. The zero-order chi connectivity index (χ0) is 18.5. The van der Waals surface area contributed by atoms with Crippen molar-refractivity contribution in [3.8, 4) is 0 Å². The Bertz CT molecular complexity index is 946. The molecule has 1 heterocycles. The molecule has 1 atom stereocenters. The van der Waals surface area contributed by atoms with E-state index >= 15 is 0 Å². The van der Waals surface area contributed by atoms with Crippen molar-refractivity contribution in [1.82, 2.24) is 4.57 Å². The number of para-hydroxylation sites is 1. The molecule has 0 saturated carbocycles. The van der Waals surface area contributed by atoms with E-state index < -0.39 is 4.92 Å². The minimum Gasteiger partial charge on any atom is -0.391 e. The maximum atomic E-state index is 10.8. The summed E-state index contributed by atoms with van der Waals surface area (Å²) < 4.78 is 2.25. The molecule has 134 valence electrons. The van der Waals surface area contributed by atoms with Gasteiger partial charge in [0.15, 0.2) is 0 Å². The number of aromatic nitrogens is 1. The first-order valence-corrected chi connectivity index (χ1v) is 8.58. The number of fused-ring (bicyclic) bond motifs is 1. The maximum Gasteiger partial charge on any atom is 0.269 e. The van der Waals surface area contributed by atoms with Gasteiger partial charge in [0.25, 0.3) is 5.69 Å². The van der Waals surface area contributed by atoms with E-state index in [2.05, 4.69) is 41.9 Å². The quantitative estimate of drug-likeness (QED) is 0.339. The van der Waals surface area contributed by atoms with Crippen molar-refractivity contribution in [3.05, 3.63) is 76.0 Å². The zero-order valence-corrected chi connectivity index (χ0v) is 14.8. The van der Waals surface area contributed by atoms with Crippen LogP contribution in [0.3, 0.4) is 0 Å². The molecule has 0 fully saturated rings. The summed E-state index contributed by atoms with van der Waals surface area (Å²) >= 11 is 0. The van der Waals surface area contributed by atoms with Crippen molar-refractivity contribution < 1.29 is 9.76 Å². The summed E-state index contributed by atoms with van der Waals surface area (Å²) in [7, 11) is 0. The van der Waals surface area contributed by atoms with Crippen molar-refractivity contribution in [2.24, 2.45) is 5.16 Å². The second-order valence-electron chi connectivity index (χ2n) is 6.20. The SMILES string of the molecule is CC[C@@H](C)n1cc(/C=N\OCc2cccc([N+](=O)[O-])c2)c2ccccc21. The Morgan fingerprint density at radius 1 is 1.27 bits per heavy atom. The molecule has 0 spiro atoms. The van der Waals surface area contributed by atoms with Crippen molar-refractivity contribution >= 4 is 22.8 Å². The van der Waals surface area contributed by atoms with Crippen LogP contribution in [0.15, 0.2) is 59.9 Å². The molecule has 0 amide bonds. The first kappa shape index (κ1) is 17.7. The third kappa shape index (κ3) is 3.74. The van der Waals surface area contributed by atoms with Gasteiger partial charge in [-0.25, -0.2) is 0 Å². The van der Waals surface area contributed by atoms with E-state index in [4.69, 9.17) is 4.84 Å². The highest BCUT2D eigenvalue weighted by molar-refractivity contribution is 5.99. The van der Waals surface area contributed by atoms with E-state index in [0.29, 0.717) is 11.6 Å². The summed E-state index contributed by atoms with van der Waals surface area (Å²) in [6, 6.07) is 15.0. The molecule has 6 heteroatoms. The number of nitrogens with zero attached hydrogens (tertiary/aromatic N) is 3. The Balaban J connectivity index is 1.75. The molecular formula is C20H21N3O3. The van der Waals surface area contributed by atoms with Gasteiger partial charge in [-0.2, -0.15) is 0 Å². The molecule has 1 aromatic heterocycles. The van der Waals surface area contributed by atoms with E-state index in [-0.39, 0.29) is 12.3 Å². The number of hydrogen-bond donors (Lipinski definition) is 0. The molecular weight excluding hydrogens is 330 g/mol. The molecule has 0 radical (unpaired) electrons. The summed E-state index contributed by atoms with van der Waals surface area (Å²) in [5.74, 6) is 0. The molecule has 0 aliphatic heterocycles. The highest BCUT2D eigenvalue weighted by atomic mass is 16.6. The Morgan fingerprint density at radius 2 is 2.08 bits per heavy atom. The van der Waals surface area contributed by atoms with Crippen LogP contribution in [0.4, 0.5) is 5.69 Å². The van der Waals surface area contributed by atoms with Gasteiger partial charge >= 0.3 is 0 Å². The van der Waals surface area contributed by atoms with Crippen LogP contribution >= 0.6 is 0 Å². The van der Waals surface area contributed by atoms with E-state index in [0.717, 1.165) is 17.4 Å². The minimum absolute atomic E-state index is 0.0479. The van der Waals surface area contributed by atoms with E-state index in [1.807, 2.05) is 12.1 Å².